The second-order valence-electron chi connectivity index (χ2n) is 10.5. The predicted octanol–water partition coefficient (Wildman–Crippen LogP) is 8.43. The van der Waals surface area contributed by atoms with Crippen molar-refractivity contribution < 1.29 is 0 Å². The van der Waals surface area contributed by atoms with Gasteiger partial charge in [-0.25, -0.2) is 9.97 Å². The molecule has 0 aliphatic carbocycles. The molecule has 5 aromatic carbocycles. The normalized spacial score (nSPS) is 12.5. The molecule has 40 heavy (non-hydrogen) atoms. The third-order valence-corrected chi connectivity index (χ3v) is 8.50. The first-order chi connectivity index (χ1) is 19.8. The maximum absolute atomic E-state index is 5.05. The zero-order valence-electron chi connectivity index (χ0n) is 21.2. The lowest BCUT2D eigenvalue weighted by Gasteiger charge is -2.08. The molecule has 0 spiro atoms. The van der Waals surface area contributed by atoms with E-state index in [1.165, 1.54) is 59.6 Å². The molecule has 10 aromatic rings. The first-order valence-electron chi connectivity index (χ1n) is 13.5. The molecule has 10 rings (SSSR count). The summed E-state index contributed by atoms with van der Waals surface area (Å²) in [5.74, 6) is 0.651. The van der Waals surface area contributed by atoms with E-state index in [0.29, 0.717) is 5.95 Å². The van der Waals surface area contributed by atoms with Crippen LogP contribution in [0.5, 0.6) is 0 Å². The summed E-state index contributed by atoms with van der Waals surface area (Å²) < 4.78 is 4.70. The molecule has 5 aromatic heterocycles. The van der Waals surface area contributed by atoms with Gasteiger partial charge in [0.25, 0.3) is 0 Å². The van der Waals surface area contributed by atoms with E-state index in [9.17, 15) is 0 Å². The summed E-state index contributed by atoms with van der Waals surface area (Å²) in [5, 5.41) is 9.81. The Morgan fingerprint density at radius 2 is 1.23 bits per heavy atom. The molecule has 0 saturated heterocycles. The highest BCUT2D eigenvalue weighted by molar-refractivity contribution is 6.34. The third kappa shape index (κ3) is 2.41. The zero-order chi connectivity index (χ0) is 25.9. The van der Waals surface area contributed by atoms with Crippen molar-refractivity contribution in [1.82, 2.24) is 23.9 Å². The molecular weight excluding hydrogens is 490 g/mol. The molecule has 5 heterocycles. The summed E-state index contributed by atoms with van der Waals surface area (Å²) >= 11 is 0. The van der Waals surface area contributed by atoms with Crippen LogP contribution in [-0.4, -0.2) is 23.9 Å². The molecule has 0 bridgehead atoms. The summed E-state index contributed by atoms with van der Waals surface area (Å²) in [4.78, 5) is 14.4. The minimum absolute atomic E-state index is 0.651. The van der Waals surface area contributed by atoms with Gasteiger partial charge in [-0.1, -0.05) is 60.7 Å². The molecule has 0 N–H and O–H groups in total. The second kappa shape index (κ2) is 7.10. The molecule has 0 amide bonds. The summed E-state index contributed by atoms with van der Waals surface area (Å²) in [6.07, 6.45) is 3.62. The van der Waals surface area contributed by atoms with Gasteiger partial charge in [0.05, 0.1) is 39.3 Å². The molecule has 0 aliphatic heterocycles. The molecule has 0 aliphatic rings. The number of hydrogen-bond donors (Lipinski definition) is 0. The summed E-state index contributed by atoms with van der Waals surface area (Å²) in [6.45, 7) is 0. The highest BCUT2D eigenvalue weighted by atomic mass is 15.2. The van der Waals surface area contributed by atoms with Crippen LogP contribution in [0.15, 0.2) is 116 Å². The van der Waals surface area contributed by atoms with Gasteiger partial charge in [-0.2, -0.15) is 0 Å². The van der Waals surface area contributed by atoms with Crippen LogP contribution in [-0.2, 0) is 0 Å². The standard InChI is InChI=1S/C35H19N5/c1-2-9-21-17-31-24(16-20(21)8-1)26-18-25-22-10-3-5-13-29(22)39-30-14-6-4-11-23(30)32(33(25)39)34(26)40(31)35-37-19-28-27(38-35)12-7-15-36-28/h1-19H. The van der Waals surface area contributed by atoms with Gasteiger partial charge in [0.15, 0.2) is 0 Å². The summed E-state index contributed by atoms with van der Waals surface area (Å²) in [6, 6.07) is 37.0. The molecule has 0 radical (unpaired) electrons. The fraction of sp³-hybridized carbons (Fsp3) is 0. The Bertz CT molecular complexity index is 2660. The average molecular weight is 510 g/mol. The van der Waals surface area contributed by atoms with E-state index in [4.69, 9.17) is 9.97 Å². The third-order valence-electron chi connectivity index (χ3n) is 8.50. The zero-order valence-corrected chi connectivity index (χ0v) is 21.2. The predicted molar refractivity (Wildman–Crippen MR) is 164 cm³/mol. The van der Waals surface area contributed by atoms with Crippen molar-refractivity contribution in [2.24, 2.45) is 0 Å². The monoisotopic (exact) mass is 509 g/mol. The maximum Gasteiger partial charge on any atom is 0.235 e. The Morgan fingerprint density at radius 1 is 0.500 bits per heavy atom. The van der Waals surface area contributed by atoms with Gasteiger partial charge in [0.1, 0.15) is 5.52 Å². The highest BCUT2D eigenvalue weighted by Gasteiger charge is 2.25. The minimum Gasteiger partial charge on any atom is -0.308 e. The number of rotatable bonds is 1. The Morgan fingerprint density at radius 3 is 2.10 bits per heavy atom. The first-order valence-corrected chi connectivity index (χ1v) is 13.5. The van der Waals surface area contributed by atoms with Gasteiger partial charge in [-0.3, -0.25) is 9.55 Å². The molecule has 184 valence electrons. The Balaban J connectivity index is 1.53. The molecule has 5 nitrogen and oxygen atoms in total. The van der Waals surface area contributed by atoms with Crippen molar-refractivity contribution >= 4 is 81.7 Å². The van der Waals surface area contributed by atoms with Crippen molar-refractivity contribution in [3.63, 3.8) is 0 Å². The Kier molecular flexibility index (Phi) is 3.62. The molecule has 0 unspecified atom stereocenters. The van der Waals surface area contributed by atoms with Crippen LogP contribution in [0.1, 0.15) is 0 Å². The number of hydrogen-bond acceptors (Lipinski definition) is 3. The van der Waals surface area contributed by atoms with Crippen LogP contribution in [0, 0.1) is 0 Å². The molecular formula is C35H19N5. The lowest BCUT2D eigenvalue weighted by molar-refractivity contribution is 1.01. The van der Waals surface area contributed by atoms with E-state index in [-0.39, 0.29) is 0 Å². The van der Waals surface area contributed by atoms with E-state index in [1.54, 1.807) is 6.20 Å². The van der Waals surface area contributed by atoms with Gasteiger partial charge >= 0.3 is 0 Å². The van der Waals surface area contributed by atoms with E-state index >= 15 is 0 Å². The quantitative estimate of drug-likeness (QED) is 0.223. The topological polar surface area (TPSA) is 48.0 Å². The van der Waals surface area contributed by atoms with Gasteiger partial charge in [-0.05, 0) is 53.2 Å². The van der Waals surface area contributed by atoms with Crippen LogP contribution in [0.3, 0.4) is 0 Å². The van der Waals surface area contributed by atoms with Crippen LogP contribution >= 0.6 is 0 Å². The highest BCUT2D eigenvalue weighted by Crippen LogP contribution is 2.46. The van der Waals surface area contributed by atoms with E-state index in [1.807, 2.05) is 18.3 Å². The Labute approximate surface area is 226 Å². The Hall–Kier alpha value is -5.55. The fourth-order valence-corrected chi connectivity index (χ4v) is 6.86. The maximum atomic E-state index is 5.05. The van der Waals surface area contributed by atoms with Gasteiger partial charge in [0.2, 0.25) is 5.95 Å². The van der Waals surface area contributed by atoms with Crippen molar-refractivity contribution in [2.45, 2.75) is 0 Å². The summed E-state index contributed by atoms with van der Waals surface area (Å²) in [5.41, 5.74) is 7.53. The smallest absolute Gasteiger partial charge is 0.235 e. The van der Waals surface area contributed by atoms with Crippen molar-refractivity contribution in [3.8, 4) is 5.95 Å². The molecule has 5 heteroatoms. The van der Waals surface area contributed by atoms with Crippen LogP contribution in [0.2, 0.25) is 0 Å². The number of nitrogens with zero attached hydrogens (tertiary/aromatic N) is 5. The number of aromatic nitrogens is 5. The van der Waals surface area contributed by atoms with Crippen molar-refractivity contribution in [2.75, 3.05) is 0 Å². The number of benzene rings is 5. The van der Waals surface area contributed by atoms with Crippen molar-refractivity contribution in [3.05, 3.63) is 116 Å². The van der Waals surface area contributed by atoms with Crippen LogP contribution in [0.25, 0.3) is 87.7 Å². The molecule has 0 atom stereocenters. The molecule has 0 saturated carbocycles. The fourth-order valence-electron chi connectivity index (χ4n) is 6.86. The lowest BCUT2D eigenvalue weighted by atomic mass is 10.0. The van der Waals surface area contributed by atoms with Gasteiger partial charge in [0, 0.05) is 38.5 Å². The van der Waals surface area contributed by atoms with Gasteiger partial charge < -0.3 is 4.40 Å². The largest absolute Gasteiger partial charge is 0.308 e. The number of pyridine rings is 1. The minimum atomic E-state index is 0.651. The van der Waals surface area contributed by atoms with Crippen molar-refractivity contribution in [1.29, 1.82) is 0 Å². The average Bonchev–Trinajstić information content (AvgIpc) is 3.64. The SMILES string of the molecule is c1ccc2cc3c(cc2c1)c1cc2c4ccccc4n4c5ccccc5c(c1n3-c1ncc3ncccc3n1)c24. The second-order valence-corrected chi connectivity index (χ2v) is 10.5. The molecule has 0 fully saturated rings. The van der Waals surface area contributed by atoms with E-state index in [0.717, 1.165) is 22.1 Å². The van der Waals surface area contributed by atoms with Crippen LogP contribution < -0.4 is 0 Å². The summed E-state index contributed by atoms with van der Waals surface area (Å²) in [7, 11) is 0. The number of para-hydroxylation sites is 2. The van der Waals surface area contributed by atoms with Crippen LogP contribution in [0.4, 0.5) is 0 Å². The lowest BCUT2D eigenvalue weighted by Crippen LogP contribution is -2.01. The van der Waals surface area contributed by atoms with Gasteiger partial charge in [-0.15, -0.1) is 0 Å². The first kappa shape index (κ1) is 20.4. The van der Waals surface area contributed by atoms with E-state index in [2.05, 4.69) is 105 Å². The number of fused-ring (bicyclic) bond motifs is 12. The van der Waals surface area contributed by atoms with E-state index < -0.39 is 0 Å².